The first-order valence-electron chi connectivity index (χ1n) is 6.82. The molecule has 1 heterocycles. The average molecular weight is 258 g/mol. The van der Waals surface area contributed by atoms with Crippen molar-refractivity contribution < 1.29 is 9.31 Å². The van der Waals surface area contributed by atoms with Crippen LogP contribution in [0.3, 0.4) is 0 Å². The topological polar surface area (TPSA) is 18.5 Å². The molecule has 0 unspecified atom stereocenters. The summed E-state index contributed by atoms with van der Waals surface area (Å²) < 4.78 is 11.9. The Hall–Kier alpha value is -1.06. The molecule has 1 aliphatic rings. The highest BCUT2D eigenvalue weighted by atomic mass is 16.7. The lowest BCUT2D eigenvalue weighted by molar-refractivity contribution is 0.00578. The molecule has 0 bridgehead atoms. The third kappa shape index (κ3) is 2.93. The van der Waals surface area contributed by atoms with Crippen molar-refractivity contribution in [1.82, 2.24) is 0 Å². The van der Waals surface area contributed by atoms with Gasteiger partial charge in [0.25, 0.3) is 0 Å². The minimum absolute atomic E-state index is 0.272. The van der Waals surface area contributed by atoms with Crippen LogP contribution < -0.4 is 0 Å². The van der Waals surface area contributed by atoms with Crippen LogP contribution in [0.5, 0.6) is 0 Å². The highest BCUT2D eigenvalue weighted by molar-refractivity contribution is 6.52. The Labute approximate surface area is 117 Å². The largest absolute Gasteiger partial charge is 0.487 e. The zero-order valence-corrected chi connectivity index (χ0v) is 12.8. The Morgan fingerprint density at radius 2 is 1.53 bits per heavy atom. The van der Waals surface area contributed by atoms with Crippen LogP contribution in [0, 0.1) is 13.8 Å². The molecule has 0 aliphatic carbocycles. The zero-order chi connectivity index (χ0) is 14.3. The van der Waals surface area contributed by atoms with Crippen LogP contribution in [0.15, 0.2) is 24.2 Å². The second-order valence-corrected chi connectivity index (χ2v) is 6.33. The average Bonchev–Trinajstić information content (AvgIpc) is 2.49. The lowest BCUT2D eigenvalue weighted by Crippen LogP contribution is -2.41. The van der Waals surface area contributed by atoms with Gasteiger partial charge in [-0.2, -0.15) is 0 Å². The SMILES string of the molecule is Cc1ccc(/C=C/B2OC(C)(C)C(C)(C)O2)cc1C. The van der Waals surface area contributed by atoms with Crippen LogP contribution in [-0.2, 0) is 9.31 Å². The smallest absolute Gasteiger partial charge is 0.400 e. The maximum atomic E-state index is 5.93. The Morgan fingerprint density at radius 3 is 2.05 bits per heavy atom. The fourth-order valence-electron chi connectivity index (χ4n) is 2.03. The Kier molecular flexibility index (Phi) is 3.63. The van der Waals surface area contributed by atoms with Crippen molar-refractivity contribution in [2.45, 2.75) is 52.7 Å². The standard InChI is InChI=1S/C16H23BO2/c1-12-7-8-14(11-13(12)2)9-10-17-18-15(3,4)16(5,6)19-17/h7-11H,1-6H3/b10-9+. The van der Waals surface area contributed by atoms with Crippen LogP contribution in [-0.4, -0.2) is 18.3 Å². The molecule has 0 amide bonds. The van der Waals surface area contributed by atoms with E-state index in [-0.39, 0.29) is 18.3 Å². The van der Waals surface area contributed by atoms with Crippen LogP contribution in [0.25, 0.3) is 6.08 Å². The normalized spacial score (nSPS) is 21.3. The van der Waals surface area contributed by atoms with E-state index in [1.807, 2.05) is 5.98 Å². The van der Waals surface area contributed by atoms with Crippen molar-refractivity contribution in [1.29, 1.82) is 0 Å². The maximum Gasteiger partial charge on any atom is 0.487 e. The predicted molar refractivity (Wildman–Crippen MR) is 81.0 cm³/mol. The van der Waals surface area contributed by atoms with Crippen molar-refractivity contribution in [3.05, 3.63) is 40.9 Å². The molecule has 1 aromatic carbocycles. The predicted octanol–water partition coefficient (Wildman–Crippen LogP) is 3.95. The van der Waals surface area contributed by atoms with Gasteiger partial charge in [-0.15, -0.1) is 0 Å². The maximum absolute atomic E-state index is 5.93. The first-order valence-corrected chi connectivity index (χ1v) is 6.82. The molecule has 0 spiro atoms. The first-order chi connectivity index (χ1) is 8.71. The summed E-state index contributed by atoms with van der Waals surface area (Å²) in [7, 11) is -0.272. The van der Waals surface area contributed by atoms with Crippen molar-refractivity contribution in [2.24, 2.45) is 0 Å². The van der Waals surface area contributed by atoms with Crippen LogP contribution >= 0.6 is 0 Å². The van der Waals surface area contributed by atoms with E-state index >= 15 is 0 Å². The monoisotopic (exact) mass is 258 g/mol. The fraction of sp³-hybridized carbons (Fsp3) is 0.500. The number of benzene rings is 1. The molecule has 0 atom stereocenters. The molecule has 0 saturated carbocycles. The van der Waals surface area contributed by atoms with Crippen molar-refractivity contribution in [3.8, 4) is 0 Å². The van der Waals surface area contributed by atoms with Gasteiger partial charge in [0.05, 0.1) is 11.2 Å². The summed E-state index contributed by atoms with van der Waals surface area (Å²) in [5, 5.41) is 0. The highest BCUT2D eigenvalue weighted by Crippen LogP contribution is 2.37. The fourth-order valence-corrected chi connectivity index (χ4v) is 2.03. The van der Waals surface area contributed by atoms with E-state index in [4.69, 9.17) is 9.31 Å². The van der Waals surface area contributed by atoms with Gasteiger partial charge in [-0.1, -0.05) is 30.3 Å². The van der Waals surface area contributed by atoms with E-state index in [0.29, 0.717) is 0 Å². The Balaban J connectivity index is 2.10. The third-order valence-corrected chi connectivity index (χ3v) is 4.25. The van der Waals surface area contributed by atoms with Gasteiger partial charge >= 0.3 is 7.12 Å². The number of aryl methyl sites for hydroxylation is 2. The summed E-state index contributed by atoms with van der Waals surface area (Å²) in [6, 6.07) is 6.43. The molecular weight excluding hydrogens is 235 g/mol. The van der Waals surface area contributed by atoms with Gasteiger partial charge in [0, 0.05) is 0 Å². The molecule has 2 nitrogen and oxygen atoms in total. The van der Waals surface area contributed by atoms with Crippen molar-refractivity contribution >= 4 is 13.2 Å². The minimum Gasteiger partial charge on any atom is -0.400 e. The lowest BCUT2D eigenvalue weighted by Gasteiger charge is -2.32. The summed E-state index contributed by atoms with van der Waals surface area (Å²) in [5.74, 6) is 1.99. The second kappa shape index (κ2) is 4.80. The molecule has 1 fully saturated rings. The van der Waals surface area contributed by atoms with Gasteiger partial charge in [-0.3, -0.25) is 0 Å². The summed E-state index contributed by atoms with van der Waals surface area (Å²) in [6.45, 7) is 12.5. The van der Waals surface area contributed by atoms with Gasteiger partial charge in [0.2, 0.25) is 0 Å². The lowest BCUT2D eigenvalue weighted by atomic mass is 9.89. The highest BCUT2D eigenvalue weighted by Gasteiger charge is 2.49. The van der Waals surface area contributed by atoms with Gasteiger partial charge in [0.15, 0.2) is 0 Å². The first kappa shape index (κ1) is 14.4. The Morgan fingerprint density at radius 1 is 0.947 bits per heavy atom. The van der Waals surface area contributed by atoms with Gasteiger partial charge in [0.1, 0.15) is 0 Å². The van der Waals surface area contributed by atoms with E-state index in [1.54, 1.807) is 0 Å². The van der Waals surface area contributed by atoms with E-state index in [2.05, 4.69) is 65.8 Å². The van der Waals surface area contributed by atoms with Crippen molar-refractivity contribution in [2.75, 3.05) is 0 Å². The molecule has 2 rings (SSSR count). The molecular formula is C16H23BO2. The summed E-state index contributed by atoms with van der Waals surface area (Å²) in [5.41, 5.74) is 3.25. The van der Waals surface area contributed by atoms with E-state index in [0.717, 1.165) is 0 Å². The molecule has 1 saturated heterocycles. The minimum atomic E-state index is -0.273. The van der Waals surface area contributed by atoms with E-state index in [9.17, 15) is 0 Å². The van der Waals surface area contributed by atoms with E-state index in [1.165, 1.54) is 16.7 Å². The summed E-state index contributed by atoms with van der Waals surface area (Å²) >= 11 is 0. The van der Waals surface area contributed by atoms with Gasteiger partial charge in [-0.05, 0) is 58.2 Å². The molecule has 0 N–H and O–H groups in total. The zero-order valence-electron chi connectivity index (χ0n) is 12.8. The van der Waals surface area contributed by atoms with E-state index < -0.39 is 0 Å². The number of rotatable bonds is 2. The second-order valence-electron chi connectivity index (χ2n) is 6.33. The molecule has 3 heteroatoms. The van der Waals surface area contributed by atoms with Crippen molar-refractivity contribution in [3.63, 3.8) is 0 Å². The molecule has 0 aromatic heterocycles. The van der Waals surface area contributed by atoms with Crippen LogP contribution in [0.4, 0.5) is 0 Å². The van der Waals surface area contributed by atoms with Crippen LogP contribution in [0.2, 0.25) is 0 Å². The quantitative estimate of drug-likeness (QED) is 0.748. The van der Waals surface area contributed by atoms with Gasteiger partial charge in [-0.25, -0.2) is 0 Å². The van der Waals surface area contributed by atoms with Gasteiger partial charge < -0.3 is 9.31 Å². The Bertz CT molecular complexity index is 487. The summed E-state index contributed by atoms with van der Waals surface area (Å²) in [6.07, 6.45) is 2.06. The number of hydrogen-bond donors (Lipinski definition) is 0. The molecule has 102 valence electrons. The molecule has 0 radical (unpaired) electrons. The molecule has 19 heavy (non-hydrogen) atoms. The molecule has 1 aromatic rings. The third-order valence-electron chi connectivity index (χ3n) is 4.25. The summed E-state index contributed by atoms with van der Waals surface area (Å²) in [4.78, 5) is 0. The van der Waals surface area contributed by atoms with Crippen LogP contribution in [0.1, 0.15) is 44.4 Å². The number of hydrogen-bond acceptors (Lipinski definition) is 2. The molecule has 1 aliphatic heterocycles.